The van der Waals surface area contributed by atoms with Crippen LogP contribution in [-0.4, -0.2) is 28.0 Å². The predicted molar refractivity (Wildman–Crippen MR) is 129 cm³/mol. The second-order valence-electron chi connectivity index (χ2n) is 8.34. The summed E-state index contributed by atoms with van der Waals surface area (Å²) in [6, 6.07) is 10.0. The predicted octanol–water partition coefficient (Wildman–Crippen LogP) is 6.55. The highest BCUT2D eigenvalue weighted by molar-refractivity contribution is 7.16. The normalized spacial score (nSPS) is 11.6. The van der Waals surface area contributed by atoms with Crippen LogP contribution in [0.1, 0.15) is 72.2 Å². The van der Waals surface area contributed by atoms with Crippen LogP contribution >= 0.6 is 22.9 Å². The van der Waals surface area contributed by atoms with E-state index in [0.29, 0.717) is 26.0 Å². The number of hydrogen-bond donors (Lipinski definition) is 0. The van der Waals surface area contributed by atoms with E-state index in [2.05, 4.69) is 35.5 Å². The Balaban J connectivity index is 1.89. The maximum Gasteiger partial charge on any atom is 0.165 e. The van der Waals surface area contributed by atoms with Crippen molar-refractivity contribution in [2.24, 2.45) is 0 Å². The molecule has 3 heterocycles. The van der Waals surface area contributed by atoms with E-state index in [9.17, 15) is 4.79 Å². The number of aryl methyl sites for hydroxylation is 1. The van der Waals surface area contributed by atoms with Crippen molar-refractivity contribution < 1.29 is 9.53 Å². The number of halogens is 1. The summed E-state index contributed by atoms with van der Waals surface area (Å²) in [5.41, 5.74) is 4.19. The number of carbonyl (C=O) groups is 1. The molecule has 0 aliphatic rings. The summed E-state index contributed by atoms with van der Waals surface area (Å²) in [6.45, 7) is 9.72. The summed E-state index contributed by atoms with van der Waals surface area (Å²) in [5, 5.41) is 0. The van der Waals surface area contributed by atoms with Crippen molar-refractivity contribution in [3.63, 3.8) is 0 Å². The van der Waals surface area contributed by atoms with Crippen molar-refractivity contribution in [3.8, 4) is 0 Å². The second-order valence-corrected chi connectivity index (χ2v) is 10.1. The average molecular weight is 459 g/mol. The molecule has 6 heteroatoms. The molecule has 0 aromatic carbocycles. The summed E-state index contributed by atoms with van der Waals surface area (Å²) in [7, 11) is 0. The molecule has 31 heavy (non-hydrogen) atoms. The fraction of sp³-hybridized carbons (Fsp3) is 0.440. The van der Waals surface area contributed by atoms with Gasteiger partial charge < -0.3 is 9.30 Å². The van der Waals surface area contributed by atoms with Gasteiger partial charge in [0.2, 0.25) is 0 Å². The molecule has 3 aromatic rings. The zero-order chi connectivity index (χ0) is 22.4. The second kappa shape index (κ2) is 11.1. The Morgan fingerprint density at radius 2 is 2.00 bits per heavy atom. The number of ether oxygens (including phenoxy) is 1. The zero-order valence-electron chi connectivity index (χ0n) is 18.7. The first-order chi connectivity index (χ1) is 14.8. The Labute approximate surface area is 194 Å². The maximum absolute atomic E-state index is 13.3. The number of ketones is 1. The third-order valence-corrected chi connectivity index (χ3v) is 6.46. The van der Waals surface area contributed by atoms with Crippen LogP contribution in [0.15, 0.2) is 42.7 Å². The van der Waals surface area contributed by atoms with Crippen LogP contribution in [0.2, 0.25) is 4.34 Å². The number of thiophene rings is 1. The molecule has 0 saturated carbocycles. The largest absolute Gasteiger partial charge is 0.378 e. The van der Waals surface area contributed by atoms with E-state index in [4.69, 9.17) is 16.3 Å². The molecule has 0 bridgehead atoms. The Morgan fingerprint density at radius 3 is 2.61 bits per heavy atom. The summed E-state index contributed by atoms with van der Waals surface area (Å²) in [6.07, 6.45) is 5.83. The molecule has 0 fully saturated rings. The van der Waals surface area contributed by atoms with Crippen molar-refractivity contribution >= 4 is 28.7 Å². The van der Waals surface area contributed by atoms with Crippen LogP contribution < -0.4 is 0 Å². The summed E-state index contributed by atoms with van der Waals surface area (Å²) in [4.78, 5) is 18.7. The number of rotatable bonds is 11. The molecule has 4 nitrogen and oxygen atoms in total. The maximum atomic E-state index is 13.3. The minimum atomic E-state index is 0.184. The van der Waals surface area contributed by atoms with Crippen LogP contribution in [0.5, 0.6) is 0 Å². The van der Waals surface area contributed by atoms with Gasteiger partial charge in [0, 0.05) is 53.6 Å². The van der Waals surface area contributed by atoms with Crippen molar-refractivity contribution in [3.05, 3.63) is 74.5 Å². The topological polar surface area (TPSA) is 44.1 Å². The van der Waals surface area contributed by atoms with Crippen LogP contribution in [0.25, 0.3) is 0 Å². The van der Waals surface area contributed by atoms with Gasteiger partial charge in [-0.3, -0.25) is 9.78 Å². The van der Waals surface area contributed by atoms with Crippen LogP contribution in [-0.2, 0) is 24.1 Å². The molecule has 166 valence electrons. The minimum absolute atomic E-state index is 0.184. The molecule has 0 aliphatic carbocycles. The third kappa shape index (κ3) is 6.52. The molecular formula is C25H31ClN2O2S. The van der Waals surface area contributed by atoms with Gasteiger partial charge in [0.25, 0.3) is 0 Å². The lowest BCUT2D eigenvalue weighted by molar-refractivity contribution is 0.0804. The highest BCUT2D eigenvalue weighted by Gasteiger charge is 2.22. The van der Waals surface area contributed by atoms with E-state index in [1.165, 1.54) is 0 Å². The highest BCUT2D eigenvalue weighted by Crippen LogP contribution is 2.29. The first-order valence-corrected chi connectivity index (χ1v) is 12.0. The van der Waals surface area contributed by atoms with Gasteiger partial charge in [0.15, 0.2) is 5.78 Å². The average Bonchev–Trinajstić information content (AvgIpc) is 3.30. The Bertz CT molecular complexity index is 992. The Kier molecular flexibility index (Phi) is 8.47. The lowest BCUT2D eigenvalue weighted by atomic mass is 10.00. The van der Waals surface area contributed by atoms with Gasteiger partial charge in [-0.2, -0.15) is 0 Å². The smallest absolute Gasteiger partial charge is 0.165 e. The van der Waals surface area contributed by atoms with Gasteiger partial charge in [0.05, 0.1) is 17.0 Å². The molecule has 0 radical (unpaired) electrons. The van der Waals surface area contributed by atoms with E-state index < -0.39 is 0 Å². The van der Waals surface area contributed by atoms with Crippen LogP contribution in [0, 0.1) is 0 Å². The van der Waals surface area contributed by atoms with E-state index in [-0.39, 0.29) is 17.8 Å². The Hall–Kier alpha value is -1.95. The molecule has 0 unspecified atom stereocenters. The first kappa shape index (κ1) is 23.7. The zero-order valence-corrected chi connectivity index (χ0v) is 20.3. The van der Waals surface area contributed by atoms with Gasteiger partial charge in [-0.1, -0.05) is 31.5 Å². The molecular weight excluding hydrogens is 428 g/mol. The molecule has 0 atom stereocenters. The Morgan fingerprint density at radius 1 is 1.19 bits per heavy atom. The lowest BCUT2D eigenvalue weighted by Gasteiger charge is -2.17. The minimum Gasteiger partial charge on any atom is -0.378 e. The summed E-state index contributed by atoms with van der Waals surface area (Å²) >= 11 is 7.59. The summed E-state index contributed by atoms with van der Waals surface area (Å²) < 4.78 is 8.86. The quantitative estimate of drug-likeness (QED) is 0.306. The molecule has 0 amide bonds. The van der Waals surface area contributed by atoms with Crippen molar-refractivity contribution in [1.82, 2.24) is 9.55 Å². The molecule has 3 rings (SSSR count). The first-order valence-electron chi connectivity index (χ1n) is 10.8. The van der Waals surface area contributed by atoms with E-state index in [1.807, 2.05) is 38.2 Å². The van der Waals surface area contributed by atoms with Crippen molar-refractivity contribution in [2.75, 3.05) is 6.61 Å². The van der Waals surface area contributed by atoms with E-state index >= 15 is 0 Å². The van der Waals surface area contributed by atoms with Gasteiger partial charge in [0.1, 0.15) is 0 Å². The molecule has 0 aliphatic heterocycles. The number of Topliss-reactive ketones (excluding diaryl/α,β-unsaturated/α-hetero) is 1. The van der Waals surface area contributed by atoms with Gasteiger partial charge in [-0.15, -0.1) is 11.3 Å². The third-order valence-electron chi connectivity index (χ3n) is 5.17. The van der Waals surface area contributed by atoms with Gasteiger partial charge in [-0.25, -0.2) is 0 Å². The number of hydrogen-bond acceptors (Lipinski definition) is 4. The van der Waals surface area contributed by atoms with E-state index in [1.54, 1.807) is 17.5 Å². The summed E-state index contributed by atoms with van der Waals surface area (Å²) in [5.74, 6) is 0.413. The number of nitrogens with zero attached hydrogens (tertiary/aromatic N) is 2. The molecule has 0 N–H and O–H groups in total. The molecule has 3 aromatic heterocycles. The SMILES string of the molecule is CC(C)OCCc1cc(C(=O)CCc2ccc(Cl)s2)c(C(C)C)n1Cc1cccnc1. The fourth-order valence-electron chi connectivity index (χ4n) is 3.79. The number of carbonyl (C=O) groups excluding carboxylic acids is 1. The van der Waals surface area contributed by atoms with Crippen LogP contribution in [0.3, 0.4) is 0 Å². The number of aromatic nitrogens is 2. The number of pyridine rings is 1. The lowest BCUT2D eigenvalue weighted by Crippen LogP contribution is -2.14. The van der Waals surface area contributed by atoms with Crippen molar-refractivity contribution in [1.29, 1.82) is 0 Å². The molecule has 0 saturated heterocycles. The fourth-order valence-corrected chi connectivity index (χ4v) is 4.88. The highest BCUT2D eigenvalue weighted by atomic mass is 35.5. The van der Waals surface area contributed by atoms with E-state index in [0.717, 1.165) is 38.1 Å². The van der Waals surface area contributed by atoms with Crippen LogP contribution in [0.4, 0.5) is 0 Å². The van der Waals surface area contributed by atoms with Gasteiger partial charge in [-0.05, 0) is 56.0 Å². The van der Waals surface area contributed by atoms with Crippen molar-refractivity contribution in [2.45, 2.75) is 65.5 Å². The standard InChI is InChI=1S/C25H31ClN2O2S/c1-17(2)25-22(23(29)9-7-21-8-10-24(26)31-21)14-20(11-13-30-18(3)4)28(25)16-19-6-5-12-27-15-19/h5-6,8,10,12,14-15,17-18H,7,9,11,13,16H2,1-4H3. The molecule has 0 spiro atoms. The monoisotopic (exact) mass is 458 g/mol. The van der Waals surface area contributed by atoms with Gasteiger partial charge >= 0.3 is 0 Å².